The summed E-state index contributed by atoms with van der Waals surface area (Å²) in [6.45, 7) is 7.27. The van der Waals surface area contributed by atoms with E-state index in [-0.39, 0.29) is 18.3 Å². The molecule has 1 aliphatic carbocycles. The molecule has 0 aliphatic heterocycles. The van der Waals surface area contributed by atoms with Crippen molar-refractivity contribution in [2.45, 2.75) is 58.9 Å². The van der Waals surface area contributed by atoms with E-state index in [0.717, 1.165) is 12.8 Å². The van der Waals surface area contributed by atoms with Gasteiger partial charge in [-0.3, -0.25) is 4.79 Å². The monoisotopic (exact) mass is 276 g/mol. The Morgan fingerprint density at radius 1 is 1.33 bits per heavy atom. The molecule has 1 rings (SSSR count). The van der Waals surface area contributed by atoms with Crippen LogP contribution in [0.3, 0.4) is 0 Å². The molecule has 18 heavy (non-hydrogen) atoms. The van der Waals surface area contributed by atoms with Crippen molar-refractivity contribution in [1.29, 1.82) is 0 Å². The van der Waals surface area contributed by atoms with Crippen molar-refractivity contribution in [1.82, 2.24) is 5.32 Å². The van der Waals surface area contributed by atoms with Crippen LogP contribution in [0.5, 0.6) is 0 Å². The normalized spacial score (nSPS) is 24.7. The van der Waals surface area contributed by atoms with Gasteiger partial charge in [0.2, 0.25) is 5.91 Å². The van der Waals surface area contributed by atoms with Gasteiger partial charge in [-0.25, -0.2) is 0 Å². The van der Waals surface area contributed by atoms with Crippen LogP contribution in [0.2, 0.25) is 0 Å². The standard InChI is InChI=1S/C14H28N2O.ClH/c1-10(2)7-11(3)8-14(17)16-13-6-4-5-12(13)9-15;/h10-13H,4-9,15H2,1-3H3,(H,16,17);1H. The lowest BCUT2D eigenvalue weighted by Gasteiger charge is -2.21. The van der Waals surface area contributed by atoms with Crippen molar-refractivity contribution in [3.63, 3.8) is 0 Å². The molecule has 0 saturated heterocycles. The Morgan fingerprint density at radius 2 is 2.00 bits per heavy atom. The molecule has 1 saturated carbocycles. The van der Waals surface area contributed by atoms with Crippen molar-refractivity contribution in [2.75, 3.05) is 6.54 Å². The van der Waals surface area contributed by atoms with E-state index in [4.69, 9.17) is 5.73 Å². The molecule has 3 unspecified atom stereocenters. The molecular formula is C14H29ClN2O. The predicted octanol–water partition coefficient (Wildman–Crippen LogP) is 2.72. The number of carbonyl (C=O) groups excluding carboxylic acids is 1. The molecule has 0 aromatic heterocycles. The summed E-state index contributed by atoms with van der Waals surface area (Å²) in [5, 5.41) is 3.17. The average molecular weight is 277 g/mol. The molecule has 4 heteroatoms. The number of amides is 1. The first-order chi connectivity index (χ1) is 8.02. The van der Waals surface area contributed by atoms with Gasteiger partial charge >= 0.3 is 0 Å². The number of halogens is 1. The molecule has 1 fully saturated rings. The predicted molar refractivity (Wildman–Crippen MR) is 78.8 cm³/mol. The highest BCUT2D eigenvalue weighted by Gasteiger charge is 2.27. The highest BCUT2D eigenvalue weighted by atomic mass is 35.5. The molecule has 0 bridgehead atoms. The lowest BCUT2D eigenvalue weighted by atomic mass is 9.95. The number of hydrogen-bond acceptors (Lipinski definition) is 2. The van der Waals surface area contributed by atoms with Crippen molar-refractivity contribution < 1.29 is 4.79 Å². The summed E-state index contributed by atoms with van der Waals surface area (Å²) in [6, 6.07) is 0.332. The zero-order valence-electron chi connectivity index (χ0n) is 11.9. The molecule has 3 atom stereocenters. The summed E-state index contributed by atoms with van der Waals surface area (Å²) in [7, 11) is 0. The van der Waals surface area contributed by atoms with Crippen LogP contribution in [0.25, 0.3) is 0 Å². The van der Waals surface area contributed by atoms with Gasteiger partial charge in [0.05, 0.1) is 0 Å². The zero-order chi connectivity index (χ0) is 12.8. The Kier molecular flexibility index (Phi) is 8.62. The van der Waals surface area contributed by atoms with Gasteiger partial charge in [-0.1, -0.05) is 27.2 Å². The van der Waals surface area contributed by atoms with Crippen molar-refractivity contribution in [3.05, 3.63) is 0 Å². The van der Waals surface area contributed by atoms with Gasteiger partial charge in [0, 0.05) is 12.5 Å². The molecule has 0 radical (unpaired) electrons. The van der Waals surface area contributed by atoms with E-state index in [0.29, 0.717) is 36.8 Å². The van der Waals surface area contributed by atoms with Crippen LogP contribution >= 0.6 is 12.4 Å². The maximum absolute atomic E-state index is 11.9. The van der Waals surface area contributed by atoms with E-state index in [1.807, 2.05) is 0 Å². The minimum Gasteiger partial charge on any atom is -0.353 e. The molecule has 3 nitrogen and oxygen atoms in total. The van der Waals surface area contributed by atoms with Crippen LogP contribution in [0.4, 0.5) is 0 Å². The van der Waals surface area contributed by atoms with Crippen LogP contribution in [-0.2, 0) is 4.79 Å². The second-order valence-corrected chi connectivity index (χ2v) is 6.04. The van der Waals surface area contributed by atoms with Crippen LogP contribution < -0.4 is 11.1 Å². The van der Waals surface area contributed by atoms with Gasteiger partial charge in [0.25, 0.3) is 0 Å². The second kappa shape index (κ2) is 8.76. The number of hydrogen-bond donors (Lipinski definition) is 2. The Morgan fingerprint density at radius 3 is 2.56 bits per heavy atom. The third kappa shape index (κ3) is 6.05. The number of nitrogens with one attached hydrogen (secondary N) is 1. The zero-order valence-corrected chi connectivity index (χ0v) is 12.8. The van der Waals surface area contributed by atoms with Crippen LogP contribution in [-0.4, -0.2) is 18.5 Å². The van der Waals surface area contributed by atoms with Gasteiger partial charge in [0.1, 0.15) is 0 Å². The Labute approximate surface area is 118 Å². The van der Waals surface area contributed by atoms with E-state index in [1.165, 1.54) is 12.8 Å². The van der Waals surface area contributed by atoms with Gasteiger partial charge < -0.3 is 11.1 Å². The maximum Gasteiger partial charge on any atom is 0.220 e. The SMILES string of the molecule is CC(C)CC(C)CC(=O)NC1CCCC1CN.Cl. The molecular weight excluding hydrogens is 248 g/mol. The smallest absolute Gasteiger partial charge is 0.220 e. The van der Waals surface area contributed by atoms with Crippen LogP contribution in [0, 0.1) is 17.8 Å². The molecule has 3 N–H and O–H groups in total. The van der Waals surface area contributed by atoms with Crippen molar-refractivity contribution in [3.8, 4) is 0 Å². The fraction of sp³-hybridized carbons (Fsp3) is 0.929. The summed E-state index contributed by atoms with van der Waals surface area (Å²) >= 11 is 0. The van der Waals surface area contributed by atoms with E-state index in [9.17, 15) is 4.79 Å². The molecule has 0 aromatic carbocycles. The largest absolute Gasteiger partial charge is 0.353 e. The fourth-order valence-electron chi connectivity index (χ4n) is 2.98. The molecule has 108 valence electrons. The molecule has 0 heterocycles. The Balaban J connectivity index is 0.00000289. The lowest BCUT2D eigenvalue weighted by Crippen LogP contribution is -2.40. The summed E-state index contributed by atoms with van der Waals surface area (Å²) in [6.07, 6.45) is 5.26. The van der Waals surface area contributed by atoms with Crippen molar-refractivity contribution in [2.24, 2.45) is 23.5 Å². The van der Waals surface area contributed by atoms with Gasteiger partial charge in [-0.05, 0) is 43.6 Å². The van der Waals surface area contributed by atoms with Crippen LogP contribution in [0.1, 0.15) is 52.9 Å². The second-order valence-electron chi connectivity index (χ2n) is 6.04. The highest BCUT2D eigenvalue weighted by molar-refractivity contribution is 5.85. The number of rotatable bonds is 6. The fourth-order valence-corrected chi connectivity index (χ4v) is 2.98. The number of carbonyl (C=O) groups is 1. The lowest BCUT2D eigenvalue weighted by molar-refractivity contribution is -0.122. The molecule has 1 amide bonds. The van der Waals surface area contributed by atoms with Crippen LogP contribution in [0.15, 0.2) is 0 Å². The van der Waals surface area contributed by atoms with E-state index in [2.05, 4.69) is 26.1 Å². The molecule has 0 aromatic rings. The first-order valence-corrected chi connectivity index (χ1v) is 7.02. The summed E-state index contributed by atoms with van der Waals surface area (Å²) in [5.74, 6) is 1.86. The summed E-state index contributed by atoms with van der Waals surface area (Å²) in [5.41, 5.74) is 5.72. The van der Waals surface area contributed by atoms with Gasteiger partial charge in [0.15, 0.2) is 0 Å². The maximum atomic E-state index is 11.9. The molecule has 0 spiro atoms. The summed E-state index contributed by atoms with van der Waals surface area (Å²) < 4.78 is 0. The topological polar surface area (TPSA) is 55.1 Å². The van der Waals surface area contributed by atoms with E-state index < -0.39 is 0 Å². The van der Waals surface area contributed by atoms with Gasteiger partial charge in [-0.15, -0.1) is 12.4 Å². The summed E-state index contributed by atoms with van der Waals surface area (Å²) in [4.78, 5) is 11.9. The van der Waals surface area contributed by atoms with E-state index in [1.54, 1.807) is 0 Å². The first-order valence-electron chi connectivity index (χ1n) is 7.02. The first kappa shape index (κ1) is 17.7. The average Bonchev–Trinajstić information content (AvgIpc) is 2.63. The molecule has 1 aliphatic rings. The minimum absolute atomic E-state index is 0. The number of nitrogens with two attached hydrogens (primary N) is 1. The quantitative estimate of drug-likeness (QED) is 0.784. The Hall–Kier alpha value is -0.280. The third-order valence-electron chi connectivity index (χ3n) is 3.72. The highest BCUT2D eigenvalue weighted by Crippen LogP contribution is 2.25. The van der Waals surface area contributed by atoms with Crippen molar-refractivity contribution >= 4 is 18.3 Å². The third-order valence-corrected chi connectivity index (χ3v) is 3.72. The Bertz CT molecular complexity index is 246. The minimum atomic E-state index is 0. The van der Waals surface area contributed by atoms with E-state index >= 15 is 0 Å². The van der Waals surface area contributed by atoms with Gasteiger partial charge in [-0.2, -0.15) is 0 Å².